The molecule has 1 saturated heterocycles. The van der Waals surface area contributed by atoms with Gasteiger partial charge in [-0.15, -0.1) is 0 Å². The van der Waals surface area contributed by atoms with Crippen LogP contribution in [0.3, 0.4) is 0 Å². The summed E-state index contributed by atoms with van der Waals surface area (Å²) in [6.45, 7) is 11.3. The van der Waals surface area contributed by atoms with Crippen LogP contribution in [0.1, 0.15) is 29.8 Å². The lowest BCUT2D eigenvalue weighted by molar-refractivity contribution is -0.914. The molecule has 0 saturated carbocycles. The van der Waals surface area contributed by atoms with Gasteiger partial charge in [-0.1, -0.05) is 43.0 Å². The summed E-state index contributed by atoms with van der Waals surface area (Å²) in [6, 6.07) is 0. The highest BCUT2D eigenvalue weighted by Crippen LogP contribution is 2.27. The van der Waals surface area contributed by atoms with Gasteiger partial charge in [-0.3, -0.25) is 4.79 Å². The van der Waals surface area contributed by atoms with E-state index in [1.807, 2.05) is 18.2 Å². The highest BCUT2D eigenvalue weighted by Gasteiger charge is 2.30. The molecule has 2 rings (SSSR count). The van der Waals surface area contributed by atoms with E-state index >= 15 is 0 Å². The second kappa shape index (κ2) is 10.4. The van der Waals surface area contributed by atoms with Crippen molar-refractivity contribution >= 4 is 29.1 Å². The number of likely N-dealkylation sites (N-methyl/N-ethyl adjacent to an activating group) is 1. The fourth-order valence-electron chi connectivity index (χ4n) is 3.66. The van der Waals surface area contributed by atoms with Gasteiger partial charge in [0, 0.05) is 7.05 Å². The van der Waals surface area contributed by atoms with Crippen LogP contribution in [-0.2, 0) is 0 Å². The minimum Gasteiger partial charge on any atom is -0.381 e. The molecule has 0 radical (unpaired) electrons. The smallest absolute Gasteiger partial charge is 0.274 e. The lowest BCUT2D eigenvalue weighted by Crippen LogP contribution is -2.53. The number of carbonyl (C=O) groups excluding carboxylic acids is 1. The van der Waals surface area contributed by atoms with Crippen molar-refractivity contribution in [3.05, 3.63) is 47.8 Å². The molecule has 0 spiro atoms. The molecule has 0 bridgehead atoms. The number of nitrogen functional groups attached to an aromatic ring is 1. The molecule has 0 aromatic carbocycles. The van der Waals surface area contributed by atoms with Crippen LogP contribution in [0.2, 0.25) is 5.15 Å². The Bertz CT molecular complexity index is 784. The van der Waals surface area contributed by atoms with E-state index < -0.39 is 0 Å². The molecular formula is C21H32ClN6O+. The predicted molar refractivity (Wildman–Crippen MR) is 120 cm³/mol. The minimum atomic E-state index is -0.310. The highest BCUT2D eigenvalue weighted by atomic mass is 35.5. The standard InChI is InChI=1S/C21H31ClN6O/c1-5-7-15(6-2)14-16-8-11-28(4,12-9-16)13-10-25-21(29)17-20(24-3)27-19(23)18(22)26-17/h5-7,16H,1-2,8-14H2,3-4H3,(H3-,23,24,25,27,29)/p+1/b15-7+. The Morgan fingerprint density at radius 2 is 2.03 bits per heavy atom. The van der Waals surface area contributed by atoms with Gasteiger partial charge in [-0.2, -0.15) is 0 Å². The number of nitrogens with two attached hydrogens (primary N) is 1. The Balaban J connectivity index is 1.86. The molecular weight excluding hydrogens is 388 g/mol. The molecule has 7 nitrogen and oxygen atoms in total. The molecule has 1 fully saturated rings. The van der Waals surface area contributed by atoms with E-state index in [-0.39, 0.29) is 22.6 Å². The molecule has 2 heterocycles. The summed E-state index contributed by atoms with van der Waals surface area (Å²) < 4.78 is 0.943. The van der Waals surface area contributed by atoms with Crippen LogP contribution in [0, 0.1) is 5.92 Å². The molecule has 1 aromatic heterocycles. The summed E-state index contributed by atoms with van der Waals surface area (Å²) >= 11 is 5.92. The number of hydrogen-bond acceptors (Lipinski definition) is 5. The van der Waals surface area contributed by atoms with Gasteiger partial charge in [-0.05, 0) is 30.8 Å². The lowest BCUT2D eigenvalue weighted by Gasteiger charge is -2.40. The predicted octanol–water partition coefficient (Wildman–Crippen LogP) is 3.03. The number of anilines is 2. The van der Waals surface area contributed by atoms with Crippen molar-refractivity contribution in [1.82, 2.24) is 15.3 Å². The number of quaternary nitrogens is 1. The fourth-order valence-corrected chi connectivity index (χ4v) is 3.79. The highest BCUT2D eigenvalue weighted by molar-refractivity contribution is 6.31. The number of hydrogen-bond donors (Lipinski definition) is 3. The zero-order valence-electron chi connectivity index (χ0n) is 17.4. The van der Waals surface area contributed by atoms with E-state index in [9.17, 15) is 4.79 Å². The number of halogens is 1. The van der Waals surface area contributed by atoms with Gasteiger partial charge in [0.25, 0.3) is 5.91 Å². The minimum absolute atomic E-state index is 0.0274. The second-order valence-corrected chi connectivity index (χ2v) is 8.08. The van der Waals surface area contributed by atoms with E-state index in [4.69, 9.17) is 17.3 Å². The Morgan fingerprint density at radius 3 is 2.62 bits per heavy atom. The van der Waals surface area contributed by atoms with Crippen molar-refractivity contribution in [3.8, 4) is 0 Å². The van der Waals surface area contributed by atoms with Crippen molar-refractivity contribution in [1.29, 1.82) is 0 Å². The third-order valence-corrected chi connectivity index (χ3v) is 5.82. The van der Waals surface area contributed by atoms with E-state index in [1.165, 1.54) is 5.57 Å². The number of allylic oxidation sites excluding steroid dienone is 4. The fraction of sp³-hybridized carbons (Fsp3) is 0.476. The van der Waals surface area contributed by atoms with Crippen molar-refractivity contribution in [2.75, 3.05) is 51.3 Å². The van der Waals surface area contributed by atoms with E-state index in [0.717, 1.165) is 43.4 Å². The monoisotopic (exact) mass is 419 g/mol. The van der Waals surface area contributed by atoms with Gasteiger partial charge in [0.15, 0.2) is 22.5 Å². The molecule has 1 aliphatic rings. The summed E-state index contributed by atoms with van der Waals surface area (Å²) in [4.78, 5) is 20.6. The summed E-state index contributed by atoms with van der Waals surface area (Å²) in [6.07, 6.45) is 9.16. The van der Waals surface area contributed by atoms with Crippen LogP contribution in [0.25, 0.3) is 0 Å². The summed E-state index contributed by atoms with van der Waals surface area (Å²) in [5.74, 6) is 0.771. The number of carbonyl (C=O) groups is 1. The average Bonchev–Trinajstić information content (AvgIpc) is 2.70. The summed E-state index contributed by atoms with van der Waals surface area (Å²) in [5.41, 5.74) is 7.05. The van der Waals surface area contributed by atoms with Crippen molar-refractivity contribution in [3.63, 3.8) is 0 Å². The lowest BCUT2D eigenvalue weighted by atomic mass is 9.89. The van der Waals surface area contributed by atoms with E-state index in [2.05, 4.69) is 40.8 Å². The number of aromatic nitrogens is 2. The third kappa shape index (κ3) is 6.30. The summed E-state index contributed by atoms with van der Waals surface area (Å²) in [7, 11) is 3.90. The topological polar surface area (TPSA) is 92.9 Å². The first kappa shape index (κ1) is 22.9. The molecule has 0 atom stereocenters. The first-order valence-corrected chi connectivity index (χ1v) is 10.3. The number of nitrogens with one attached hydrogen (secondary N) is 2. The number of nitrogens with zero attached hydrogens (tertiary/aromatic N) is 3. The van der Waals surface area contributed by atoms with Gasteiger partial charge < -0.3 is 20.9 Å². The van der Waals surface area contributed by atoms with Crippen LogP contribution >= 0.6 is 11.6 Å². The zero-order chi connectivity index (χ0) is 21.4. The maximum atomic E-state index is 12.5. The third-order valence-electron chi connectivity index (χ3n) is 5.54. The first-order valence-electron chi connectivity index (χ1n) is 9.88. The number of likely N-dealkylation sites (tertiary alicyclic amines) is 1. The number of rotatable bonds is 9. The van der Waals surface area contributed by atoms with E-state index in [0.29, 0.717) is 18.3 Å². The van der Waals surface area contributed by atoms with Crippen molar-refractivity contribution in [2.45, 2.75) is 19.3 Å². The Morgan fingerprint density at radius 1 is 1.34 bits per heavy atom. The molecule has 0 aliphatic carbocycles. The molecule has 8 heteroatoms. The van der Waals surface area contributed by atoms with Gasteiger partial charge in [0.1, 0.15) is 0 Å². The molecule has 158 valence electrons. The quantitative estimate of drug-likeness (QED) is 0.422. The van der Waals surface area contributed by atoms with Crippen LogP contribution in [0.15, 0.2) is 37.0 Å². The average molecular weight is 420 g/mol. The Hall–Kier alpha value is -2.38. The molecule has 1 aromatic rings. The van der Waals surface area contributed by atoms with Crippen LogP contribution < -0.4 is 16.4 Å². The largest absolute Gasteiger partial charge is 0.381 e. The molecule has 4 N–H and O–H groups in total. The molecule has 29 heavy (non-hydrogen) atoms. The van der Waals surface area contributed by atoms with Crippen LogP contribution in [0.5, 0.6) is 0 Å². The first-order chi connectivity index (χ1) is 13.8. The van der Waals surface area contributed by atoms with Gasteiger partial charge in [-0.25, -0.2) is 9.97 Å². The Kier molecular flexibility index (Phi) is 8.22. The van der Waals surface area contributed by atoms with E-state index in [1.54, 1.807) is 7.05 Å². The van der Waals surface area contributed by atoms with Crippen molar-refractivity contribution in [2.24, 2.45) is 5.92 Å². The molecule has 1 amide bonds. The summed E-state index contributed by atoms with van der Waals surface area (Å²) in [5, 5.41) is 5.79. The van der Waals surface area contributed by atoms with Gasteiger partial charge in [0.2, 0.25) is 0 Å². The van der Waals surface area contributed by atoms with Gasteiger partial charge in [0.05, 0.1) is 33.2 Å². The SMILES string of the molecule is C=C/C=C(\C=C)CC1CC[N+](C)(CCNC(=O)c2nc(Cl)c(N)nc2NC)CC1. The molecule has 1 aliphatic heterocycles. The molecule has 0 unspecified atom stereocenters. The zero-order valence-corrected chi connectivity index (χ0v) is 18.1. The number of piperidine rings is 1. The van der Waals surface area contributed by atoms with Crippen LogP contribution in [-0.4, -0.2) is 60.6 Å². The Labute approximate surface area is 178 Å². The number of amides is 1. The normalized spacial score (nSPS) is 22.0. The van der Waals surface area contributed by atoms with Gasteiger partial charge >= 0.3 is 0 Å². The maximum absolute atomic E-state index is 12.5. The van der Waals surface area contributed by atoms with Crippen molar-refractivity contribution < 1.29 is 9.28 Å². The van der Waals surface area contributed by atoms with Crippen LogP contribution in [0.4, 0.5) is 11.6 Å². The maximum Gasteiger partial charge on any atom is 0.274 e. The second-order valence-electron chi connectivity index (χ2n) is 7.72.